The molecule has 2 rings (SSSR count). The lowest BCUT2D eigenvalue weighted by Gasteiger charge is -2.26. The van der Waals surface area contributed by atoms with Crippen LogP contribution in [-0.2, 0) is 6.54 Å². The molecular weight excluding hydrogens is 254 g/mol. The monoisotopic (exact) mass is 279 g/mol. The summed E-state index contributed by atoms with van der Waals surface area (Å²) in [5, 5.41) is 0. The van der Waals surface area contributed by atoms with Gasteiger partial charge in [0.25, 0.3) is 5.91 Å². The molecule has 5 nitrogen and oxygen atoms in total. The number of aryl methyl sites for hydroxylation is 1. The second kappa shape index (κ2) is 6.90. The SMILES string of the molecule is Cc1oc(CN(C)CC2CCCCC2)cc1C(=O)NN. The molecule has 0 spiro atoms. The van der Waals surface area contributed by atoms with E-state index in [-0.39, 0.29) is 5.91 Å². The Morgan fingerprint density at radius 2 is 2.15 bits per heavy atom. The molecule has 112 valence electrons. The summed E-state index contributed by atoms with van der Waals surface area (Å²) < 4.78 is 5.64. The highest BCUT2D eigenvalue weighted by molar-refractivity contribution is 5.94. The zero-order valence-electron chi connectivity index (χ0n) is 12.4. The average Bonchev–Trinajstić information content (AvgIpc) is 2.79. The molecule has 3 N–H and O–H groups in total. The van der Waals surface area contributed by atoms with Crippen LogP contribution >= 0.6 is 0 Å². The Morgan fingerprint density at radius 3 is 2.80 bits per heavy atom. The highest BCUT2D eigenvalue weighted by atomic mass is 16.3. The van der Waals surface area contributed by atoms with E-state index < -0.39 is 0 Å². The number of carbonyl (C=O) groups excluding carboxylic acids is 1. The number of carbonyl (C=O) groups is 1. The molecule has 0 aromatic carbocycles. The zero-order chi connectivity index (χ0) is 14.5. The van der Waals surface area contributed by atoms with Gasteiger partial charge in [0.05, 0.1) is 12.1 Å². The van der Waals surface area contributed by atoms with Crippen LogP contribution in [-0.4, -0.2) is 24.4 Å². The van der Waals surface area contributed by atoms with Crippen molar-refractivity contribution in [3.8, 4) is 0 Å². The summed E-state index contributed by atoms with van der Waals surface area (Å²) >= 11 is 0. The molecule has 1 aliphatic carbocycles. The minimum absolute atomic E-state index is 0.299. The van der Waals surface area contributed by atoms with Gasteiger partial charge in [0.2, 0.25) is 0 Å². The Bertz CT molecular complexity index is 450. The van der Waals surface area contributed by atoms with E-state index in [1.165, 1.54) is 32.1 Å². The molecule has 1 fully saturated rings. The molecule has 0 atom stereocenters. The number of hydrazine groups is 1. The van der Waals surface area contributed by atoms with Gasteiger partial charge in [-0.1, -0.05) is 19.3 Å². The van der Waals surface area contributed by atoms with Crippen LogP contribution in [0, 0.1) is 12.8 Å². The van der Waals surface area contributed by atoms with Gasteiger partial charge in [-0.15, -0.1) is 0 Å². The molecule has 20 heavy (non-hydrogen) atoms. The molecular formula is C15H25N3O2. The minimum Gasteiger partial charge on any atom is -0.464 e. The summed E-state index contributed by atoms with van der Waals surface area (Å²) in [5.41, 5.74) is 2.66. The van der Waals surface area contributed by atoms with Crippen LogP contribution in [0.4, 0.5) is 0 Å². The van der Waals surface area contributed by atoms with E-state index in [1.807, 2.05) is 0 Å². The lowest BCUT2D eigenvalue weighted by molar-refractivity contribution is 0.0952. The van der Waals surface area contributed by atoms with Gasteiger partial charge >= 0.3 is 0 Å². The van der Waals surface area contributed by atoms with Crippen molar-refractivity contribution in [2.45, 2.75) is 45.6 Å². The van der Waals surface area contributed by atoms with Crippen molar-refractivity contribution in [3.63, 3.8) is 0 Å². The van der Waals surface area contributed by atoms with Gasteiger partial charge in [0.1, 0.15) is 11.5 Å². The van der Waals surface area contributed by atoms with Crippen molar-refractivity contribution >= 4 is 5.91 Å². The van der Waals surface area contributed by atoms with Gasteiger partial charge in [-0.05, 0) is 38.8 Å². The van der Waals surface area contributed by atoms with E-state index in [0.29, 0.717) is 11.3 Å². The predicted octanol–water partition coefficient (Wildman–Crippen LogP) is 2.20. The van der Waals surface area contributed by atoms with Crippen molar-refractivity contribution in [1.82, 2.24) is 10.3 Å². The highest BCUT2D eigenvalue weighted by Gasteiger charge is 2.18. The van der Waals surface area contributed by atoms with Gasteiger partial charge in [0, 0.05) is 6.54 Å². The van der Waals surface area contributed by atoms with Crippen LogP contribution in [0.15, 0.2) is 10.5 Å². The first-order chi connectivity index (χ1) is 9.60. The summed E-state index contributed by atoms with van der Waals surface area (Å²) in [7, 11) is 2.11. The molecule has 0 aliphatic heterocycles. The minimum atomic E-state index is -0.299. The lowest BCUT2D eigenvalue weighted by atomic mass is 9.89. The molecule has 1 heterocycles. The third kappa shape index (κ3) is 3.84. The molecule has 1 aromatic heterocycles. The average molecular weight is 279 g/mol. The number of hydrogen-bond acceptors (Lipinski definition) is 4. The third-order valence-corrected chi connectivity index (χ3v) is 4.06. The summed E-state index contributed by atoms with van der Waals surface area (Å²) in [5.74, 6) is 7.10. The van der Waals surface area contributed by atoms with Crippen LogP contribution in [0.25, 0.3) is 0 Å². The van der Waals surface area contributed by atoms with Crippen molar-refractivity contribution in [2.24, 2.45) is 11.8 Å². The summed E-state index contributed by atoms with van der Waals surface area (Å²) in [6.07, 6.45) is 6.78. The first kappa shape index (κ1) is 15.1. The maximum absolute atomic E-state index is 11.5. The van der Waals surface area contributed by atoms with Crippen LogP contribution < -0.4 is 11.3 Å². The molecule has 0 unspecified atom stereocenters. The topological polar surface area (TPSA) is 71.5 Å². The lowest BCUT2D eigenvalue weighted by Crippen LogP contribution is -2.30. The van der Waals surface area contributed by atoms with Gasteiger partial charge in [0.15, 0.2) is 0 Å². The van der Waals surface area contributed by atoms with Crippen LogP contribution in [0.1, 0.15) is 54.0 Å². The summed E-state index contributed by atoms with van der Waals surface area (Å²) in [6, 6.07) is 1.79. The molecule has 1 aromatic rings. The molecule has 1 saturated carbocycles. The Labute approximate surface area is 120 Å². The maximum atomic E-state index is 11.5. The molecule has 0 radical (unpaired) electrons. The zero-order valence-corrected chi connectivity index (χ0v) is 12.4. The number of nitrogen functional groups attached to an aromatic ring is 1. The number of rotatable bonds is 5. The summed E-state index contributed by atoms with van der Waals surface area (Å²) in [6.45, 7) is 3.61. The molecule has 0 saturated heterocycles. The first-order valence-electron chi connectivity index (χ1n) is 7.39. The second-order valence-corrected chi connectivity index (χ2v) is 5.86. The van der Waals surface area contributed by atoms with E-state index >= 15 is 0 Å². The number of furan rings is 1. The van der Waals surface area contributed by atoms with Gasteiger partial charge < -0.3 is 4.42 Å². The van der Waals surface area contributed by atoms with Gasteiger partial charge in [-0.3, -0.25) is 15.1 Å². The summed E-state index contributed by atoms with van der Waals surface area (Å²) in [4.78, 5) is 13.8. The van der Waals surface area contributed by atoms with E-state index in [4.69, 9.17) is 10.3 Å². The van der Waals surface area contributed by atoms with Crippen LogP contribution in [0.5, 0.6) is 0 Å². The Hall–Kier alpha value is -1.33. The molecule has 1 aliphatic rings. The van der Waals surface area contributed by atoms with Crippen molar-refractivity contribution in [1.29, 1.82) is 0 Å². The molecule has 1 amide bonds. The van der Waals surface area contributed by atoms with Crippen LogP contribution in [0.3, 0.4) is 0 Å². The standard InChI is InChI=1S/C15H25N3O2/c1-11-14(15(19)17-16)8-13(20-11)10-18(2)9-12-6-4-3-5-7-12/h8,12H,3-7,9-10,16H2,1-2H3,(H,17,19). The third-order valence-electron chi connectivity index (χ3n) is 4.06. The highest BCUT2D eigenvalue weighted by Crippen LogP contribution is 2.25. The Kier molecular flexibility index (Phi) is 5.20. The quantitative estimate of drug-likeness (QED) is 0.492. The number of nitrogens with one attached hydrogen (secondary N) is 1. The fourth-order valence-corrected chi connectivity index (χ4v) is 3.07. The Morgan fingerprint density at radius 1 is 1.45 bits per heavy atom. The first-order valence-corrected chi connectivity index (χ1v) is 7.39. The van der Waals surface area contributed by atoms with Crippen LogP contribution in [0.2, 0.25) is 0 Å². The number of amides is 1. The predicted molar refractivity (Wildman–Crippen MR) is 78.0 cm³/mol. The number of hydrogen-bond donors (Lipinski definition) is 2. The van der Waals surface area contributed by atoms with Crippen molar-refractivity contribution < 1.29 is 9.21 Å². The van der Waals surface area contributed by atoms with E-state index in [0.717, 1.165) is 24.8 Å². The maximum Gasteiger partial charge on any atom is 0.268 e. The fraction of sp³-hybridized carbons (Fsp3) is 0.667. The number of nitrogens with zero attached hydrogens (tertiary/aromatic N) is 1. The smallest absolute Gasteiger partial charge is 0.268 e. The van der Waals surface area contributed by atoms with Crippen molar-refractivity contribution in [2.75, 3.05) is 13.6 Å². The molecule has 5 heteroatoms. The van der Waals surface area contributed by atoms with Gasteiger partial charge in [-0.25, -0.2) is 5.84 Å². The molecule has 0 bridgehead atoms. The Balaban J connectivity index is 1.90. The largest absolute Gasteiger partial charge is 0.464 e. The van der Waals surface area contributed by atoms with E-state index in [1.54, 1.807) is 13.0 Å². The van der Waals surface area contributed by atoms with E-state index in [2.05, 4.69) is 17.4 Å². The van der Waals surface area contributed by atoms with Crippen molar-refractivity contribution in [3.05, 3.63) is 23.2 Å². The fourth-order valence-electron chi connectivity index (χ4n) is 3.07. The normalized spacial score (nSPS) is 16.6. The number of nitrogens with two attached hydrogens (primary N) is 1. The van der Waals surface area contributed by atoms with E-state index in [9.17, 15) is 4.79 Å². The second-order valence-electron chi connectivity index (χ2n) is 5.86. The van der Waals surface area contributed by atoms with Gasteiger partial charge in [-0.2, -0.15) is 0 Å².